The van der Waals surface area contributed by atoms with E-state index >= 15 is 0 Å². The number of hydrogen-bond donors (Lipinski definition) is 3. The van der Waals surface area contributed by atoms with Crippen molar-refractivity contribution < 1.29 is 9.59 Å². The third-order valence-electron chi connectivity index (χ3n) is 4.72. The van der Waals surface area contributed by atoms with Crippen LogP contribution in [0.1, 0.15) is 42.1 Å². The quantitative estimate of drug-likeness (QED) is 0.745. The summed E-state index contributed by atoms with van der Waals surface area (Å²) in [5.74, 6) is -0.0719. The van der Waals surface area contributed by atoms with Crippen molar-refractivity contribution in [2.45, 2.75) is 44.6 Å². The van der Waals surface area contributed by atoms with Gasteiger partial charge in [0.05, 0.1) is 11.6 Å². The maximum absolute atomic E-state index is 12.3. The lowest BCUT2D eigenvalue weighted by molar-refractivity contribution is -0.127. The number of carbonyl (C=O) groups is 2. The topological polar surface area (TPSA) is 97.3 Å². The number of carbonyl (C=O) groups excluding carboxylic acids is 2. The molecule has 2 heterocycles. The van der Waals surface area contributed by atoms with Crippen LogP contribution in [0.2, 0.25) is 0 Å². The number of benzene rings is 1. The van der Waals surface area contributed by atoms with Gasteiger partial charge in [0.1, 0.15) is 6.29 Å². The molecule has 3 rings (SSSR count). The van der Waals surface area contributed by atoms with Crippen LogP contribution in [0.25, 0.3) is 0 Å². The second kappa shape index (κ2) is 7.64. The van der Waals surface area contributed by atoms with Crippen LogP contribution in [0.5, 0.6) is 0 Å². The van der Waals surface area contributed by atoms with Crippen molar-refractivity contribution in [1.29, 1.82) is 5.26 Å². The number of hydrogen-bond acceptors (Lipinski definition) is 5. The first-order valence-corrected chi connectivity index (χ1v) is 8.65. The van der Waals surface area contributed by atoms with Crippen LogP contribution in [0.4, 0.5) is 0 Å². The molecule has 1 aromatic carbocycles. The third kappa shape index (κ3) is 4.35. The van der Waals surface area contributed by atoms with E-state index in [-0.39, 0.29) is 30.2 Å². The summed E-state index contributed by atoms with van der Waals surface area (Å²) >= 11 is 0. The number of nitrogens with zero attached hydrogens (tertiary/aromatic N) is 2. The summed E-state index contributed by atoms with van der Waals surface area (Å²) in [6.45, 7) is 3.61. The molecule has 2 amide bonds. The summed E-state index contributed by atoms with van der Waals surface area (Å²) in [5.41, 5.74) is 0.993. The van der Waals surface area contributed by atoms with Crippen LogP contribution >= 0.6 is 0 Å². The van der Waals surface area contributed by atoms with Crippen LogP contribution in [0, 0.1) is 11.3 Å². The lowest BCUT2D eigenvalue weighted by Gasteiger charge is -2.41. The van der Waals surface area contributed by atoms with Crippen molar-refractivity contribution in [2.75, 3.05) is 13.1 Å². The number of rotatable bonds is 3. The SMILES string of the molecule is CC1CC(=O)NC(N2CCC(NC(=O)c3cccc(C#N)c3)CC2)N1. The number of amides is 2. The largest absolute Gasteiger partial charge is 0.349 e. The van der Waals surface area contributed by atoms with Crippen LogP contribution in [0.15, 0.2) is 24.3 Å². The monoisotopic (exact) mass is 341 g/mol. The molecule has 132 valence electrons. The Balaban J connectivity index is 1.51. The molecule has 0 aromatic heterocycles. The standard InChI is InChI=1S/C18H23N5O2/c1-12-9-16(24)22-18(20-12)23-7-5-15(6-8-23)21-17(25)14-4-2-3-13(10-14)11-19/h2-4,10,12,15,18,20H,5-9H2,1H3,(H,21,25)(H,22,24). The van der Waals surface area contributed by atoms with Crippen LogP contribution in [-0.2, 0) is 4.79 Å². The van der Waals surface area contributed by atoms with Gasteiger partial charge in [0.15, 0.2) is 0 Å². The molecule has 2 fully saturated rings. The maximum Gasteiger partial charge on any atom is 0.251 e. The number of nitrogens with one attached hydrogen (secondary N) is 3. The summed E-state index contributed by atoms with van der Waals surface area (Å²) in [5, 5.41) is 18.3. The van der Waals surface area contributed by atoms with Gasteiger partial charge in [0.25, 0.3) is 5.91 Å². The van der Waals surface area contributed by atoms with Crippen LogP contribution in [-0.4, -0.2) is 48.2 Å². The van der Waals surface area contributed by atoms with E-state index < -0.39 is 0 Å². The van der Waals surface area contributed by atoms with Crippen molar-refractivity contribution in [1.82, 2.24) is 20.9 Å². The molecule has 2 unspecified atom stereocenters. The predicted molar refractivity (Wildman–Crippen MR) is 92.4 cm³/mol. The van der Waals surface area contributed by atoms with Gasteiger partial charge < -0.3 is 10.6 Å². The molecule has 0 radical (unpaired) electrons. The Hall–Kier alpha value is -2.43. The van der Waals surface area contributed by atoms with E-state index in [0.29, 0.717) is 17.5 Å². The van der Waals surface area contributed by atoms with Crippen molar-refractivity contribution in [3.8, 4) is 6.07 Å². The van der Waals surface area contributed by atoms with E-state index in [1.807, 2.05) is 13.0 Å². The first kappa shape index (κ1) is 17.4. The van der Waals surface area contributed by atoms with Crippen molar-refractivity contribution in [3.63, 3.8) is 0 Å². The highest BCUT2D eigenvalue weighted by molar-refractivity contribution is 5.94. The number of nitriles is 1. The third-order valence-corrected chi connectivity index (χ3v) is 4.72. The van der Waals surface area contributed by atoms with Gasteiger partial charge in [-0.05, 0) is 38.0 Å². The second-order valence-corrected chi connectivity index (χ2v) is 6.72. The number of piperidine rings is 1. The van der Waals surface area contributed by atoms with Gasteiger partial charge in [0, 0.05) is 37.2 Å². The lowest BCUT2D eigenvalue weighted by atomic mass is 10.0. The van der Waals surface area contributed by atoms with E-state index in [1.54, 1.807) is 24.3 Å². The van der Waals surface area contributed by atoms with Crippen LogP contribution < -0.4 is 16.0 Å². The average Bonchev–Trinajstić information content (AvgIpc) is 2.61. The van der Waals surface area contributed by atoms with Crippen LogP contribution in [0.3, 0.4) is 0 Å². The molecule has 0 aliphatic carbocycles. The molecule has 2 atom stereocenters. The summed E-state index contributed by atoms with van der Waals surface area (Å²) < 4.78 is 0. The first-order chi connectivity index (χ1) is 12.0. The van der Waals surface area contributed by atoms with Gasteiger partial charge >= 0.3 is 0 Å². The molecule has 7 nitrogen and oxygen atoms in total. The molecule has 7 heteroatoms. The van der Waals surface area contributed by atoms with Gasteiger partial charge in [-0.25, -0.2) is 0 Å². The van der Waals surface area contributed by atoms with E-state index in [0.717, 1.165) is 25.9 Å². The van der Waals surface area contributed by atoms with Gasteiger partial charge in [-0.2, -0.15) is 5.26 Å². The molecular formula is C18H23N5O2. The summed E-state index contributed by atoms with van der Waals surface area (Å²) in [6.07, 6.45) is 2.03. The van der Waals surface area contributed by atoms with Gasteiger partial charge in [-0.1, -0.05) is 6.07 Å². The minimum Gasteiger partial charge on any atom is -0.349 e. The summed E-state index contributed by atoms with van der Waals surface area (Å²) in [7, 11) is 0. The molecule has 0 spiro atoms. The molecule has 2 aliphatic rings. The molecule has 0 bridgehead atoms. The minimum atomic E-state index is -0.145. The Kier molecular flexibility index (Phi) is 5.31. The summed E-state index contributed by atoms with van der Waals surface area (Å²) in [4.78, 5) is 26.2. The highest BCUT2D eigenvalue weighted by atomic mass is 16.2. The zero-order chi connectivity index (χ0) is 17.8. The van der Waals surface area contributed by atoms with Gasteiger partial charge in [-0.3, -0.25) is 19.8 Å². The first-order valence-electron chi connectivity index (χ1n) is 8.65. The van der Waals surface area contributed by atoms with E-state index in [9.17, 15) is 9.59 Å². The normalized spacial score (nSPS) is 25.0. The molecule has 1 aromatic rings. The van der Waals surface area contributed by atoms with Crippen molar-refractivity contribution in [2.24, 2.45) is 0 Å². The molecule has 0 saturated carbocycles. The fourth-order valence-electron chi connectivity index (χ4n) is 3.36. The Morgan fingerprint density at radius 2 is 2.12 bits per heavy atom. The van der Waals surface area contributed by atoms with Crippen molar-refractivity contribution >= 4 is 11.8 Å². The van der Waals surface area contributed by atoms with Gasteiger partial charge in [-0.15, -0.1) is 0 Å². The Morgan fingerprint density at radius 1 is 1.36 bits per heavy atom. The van der Waals surface area contributed by atoms with Crippen molar-refractivity contribution in [3.05, 3.63) is 35.4 Å². The average molecular weight is 341 g/mol. The molecule has 2 aliphatic heterocycles. The fourth-order valence-corrected chi connectivity index (χ4v) is 3.36. The predicted octanol–water partition coefficient (Wildman–Crippen LogP) is 0.534. The van der Waals surface area contributed by atoms with E-state index in [1.165, 1.54) is 0 Å². The van der Waals surface area contributed by atoms with E-state index in [2.05, 4.69) is 20.9 Å². The highest BCUT2D eigenvalue weighted by Gasteiger charge is 2.30. The zero-order valence-electron chi connectivity index (χ0n) is 14.3. The Morgan fingerprint density at radius 3 is 2.80 bits per heavy atom. The molecule has 25 heavy (non-hydrogen) atoms. The van der Waals surface area contributed by atoms with E-state index in [4.69, 9.17) is 5.26 Å². The molecular weight excluding hydrogens is 318 g/mol. The summed E-state index contributed by atoms with van der Waals surface area (Å²) in [6, 6.07) is 9.04. The lowest BCUT2D eigenvalue weighted by Crippen LogP contribution is -2.65. The minimum absolute atomic E-state index is 0.0732. The Labute approximate surface area is 147 Å². The number of likely N-dealkylation sites (tertiary alicyclic amines) is 1. The Bertz CT molecular complexity index is 691. The molecule has 2 saturated heterocycles. The fraction of sp³-hybridized carbons (Fsp3) is 0.500. The maximum atomic E-state index is 12.3. The highest BCUT2D eigenvalue weighted by Crippen LogP contribution is 2.15. The molecule has 3 N–H and O–H groups in total. The second-order valence-electron chi connectivity index (χ2n) is 6.72. The smallest absolute Gasteiger partial charge is 0.251 e. The van der Waals surface area contributed by atoms with Gasteiger partial charge in [0.2, 0.25) is 5.91 Å². The zero-order valence-corrected chi connectivity index (χ0v) is 14.3.